The lowest BCUT2D eigenvalue weighted by Gasteiger charge is -2.21. The van der Waals surface area contributed by atoms with Crippen LogP contribution in [0.15, 0.2) is 48.5 Å². The van der Waals surface area contributed by atoms with Gasteiger partial charge in [-0.05, 0) is 55.7 Å². The number of carbonyl (C=O) groups is 4. The highest BCUT2D eigenvalue weighted by Crippen LogP contribution is 2.25. The van der Waals surface area contributed by atoms with Gasteiger partial charge in [0, 0.05) is 5.69 Å². The van der Waals surface area contributed by atoms with Crippen LogP contribution in [0.4, 0.5) is 10.5 Å². The van der Waals surface area contributed by atoms with Crippen molar-refractivity contribution in [2.75, 3.05) is 5.32 Å². The van der Waals surface area contributed by atoms with Crippen LogP contribution >= 0.6 is 0 Å². The Hall–Kier alpha value is -3.68. The van der Waals surface area contributed by atoms with Crippen molar-refractivity contribution < 1.29 is 23.9 Å². The smallest absolute Gasteiger partial charge is 0.338 e. The van der Waals surface area contributed by atoms with Crippen molar-refractivity contribution in [3.8, 4) is 0 Å². The topological polar surface area (TPSA) is 114 Å². The molecule has 8 heteroatoms. The van der Waals surface area contributed by atoms with Crippen LogP contribution in [0.3, 0.4) is 0 Å². The molecule has 8 nitrogen and oxygen atoms in total. The predicted molar refractivity (Wildman–Crippen MR) is 110 cm³/mol. The number of urea groups is 1. The number of ether oxygens (including phenoxy) is 1. The zero-order chi connectivity index (χ0) is 21.9. The van der Waals surface area contributed by atoms with E-state index in [1.165, 1.54) is 26.0 Å². The van der Waals surface area contributed by atoms with Gasteiger partial charge in [-0.25, -0.2) is 9.59 Å². The maximum atomic E-state index is 12.5. The highest BCUT2D eigenvalue weighted by Gasteiger charge is 2.43. The number of amides is 4. The Bertz CT molecular complexity index is 1000. The van der Waals surface area contributed by atoms with Crippen LogP contribution in [-0.4, -0.2) is 29.9 Å². The van der Waals surface area contributed by atoms with E-state index >= 15 is 0 Å². The molecule has 2 aromatic carbocycles. The Morgan fingerprint density at radius 2 is 1.83 bits per heavy atom. The van der Waals surface area contributed by atoms with Crippen LogP contribution in [0, 0.1) is 0 Å². The number of anilines is 1. The fourth-order valence-electron chi connectivity index (χ4n) is 3.05. The SMILES string of the molecule is CCc1ccc(NC(=O)[C@@H](C)OC(=O)c2cccc([C@@]3(C)NC(=O)NC3=O)c2)cc1. The Labute approximate surface area is 174 Å². The van der Waals surface area contributed by atoms with Crippen LogP contribution in [0.25, 0.3) is 0 Å². The molecule has 156 valence electrons. The van der Waals surface area contributed by atoms with Gasteiger partial charge in [-0.15, -0.1) is 0 Å². The molecule has 2 aromatic rings. The second-order valence-corrected chi connectivity index (χ2v) is 7.20. The molecule has 1 saturated heterocycles. The van der Waals surface area contributed by atoms with Crippen molar-refractivity contribution in [3.05, 3.63) is 65.2 Å². The monoisotopic (exact) mass is 409 g/mol. The summed E-state index contributed by atoms with van der Waals surface area (Å²) in [4.78, 5) is 48.5. The van der Waals surface area contributed by atoms with Crippen LogP contribution in [0.1, 0.15) is 42.3 Å². The quantitative estimate of drug-likeness (QED) is 0.501. The Morgan fingerprint density at radius 1 is 1.13 bits per heavy atom. The van der Waals surface area contributed by atoms with Crippen molar-refractivity contribution in [2.24, 2.45) is 0 Å². The molecule has 30 heavy (non-hydrogen) atoms. The largest absolute Gasteiger partial charge is 0.449 e. The van der Waals surface area contributed by atoms with Crippen LogP contribution in [-0.2, 0) is 26.3 Å². The minimum absolute atomic E-state index is 0.162. The third-order valence-corrected chi connectivity index (χ3v) is 5.00. The first kappa shape index (κ1) is 21.0. The maximum absolute atomic E-state index is 12.5. The number of benzene rings is 2. The fourth-order valence-corrected chi connectivity index (χ4v) is 3.05. The van der Waals surface area contributed by atoms with Gasteiger partial charge in [-0.2, -0.15) is 0 Å². The lowest BCUT2D eigenvalue weighted by atomic mass is 9.91. The molecular formula is C22H23N3O5. The lowest BCUT2D eigenvalue weighted by Crippen LogP contribution is -2.40. The Kier molecular flexibility index (Phi) is 5.86. The van der Waals surface area contributed by atoms with Crippen molar-refractivity contribution in [1.82, 2.24) is 10.6 Å². The van der Waals surface area contributed by atoms with Gasteiger partial charge < -0.3 is 15.4 Å². The van der Waals surface area contributed by atoms with Crippen LogP contribution in [0.5, 0.6) is 0 Å². The van der Waals surface area contributed by atoms with Gasteiger partial charge >= 0.3 is 12.0 Å². The maximum Gasteiger partial charge on any atom is 0.338 e. The van der Waals surface area contributed by atoms with Crippen molar-refractivity contribution in [3.63, 3.8) is 0 Å². The number of imide groups is 1. The summed E-state index contributed by atoms with van der Waals surface area (Å²) in [5, 5.41) is 7.42. The number of esters is 1. The van der Waals surface area contributed by atoms with Gasteiger partial charge in [-0.1, -0.05) is 31.2 Å². The molecule has 1 fully saturated rings. The summed E-state index contributed by atoms with van der Waals surface area (Å²) in [6, 6.07) is 13.0. The van der Waals surface area contributed by atoms with E-state index in [-0.39, 0.29) is 5.56 Å². The lowest BCUT2D eigenvalue weighted by molar-refractivity contribution is -0.124. The number of aryl methyl sites for hydroxylation is 1. The molecule has 3 N–H and O–H groups in total. The fraction of sp³-hybridized carbons (Fsp3) is 0.273. The van der Waals surface area contributed by atoms with Crippen molar-refractivity contribution >= 4 is 29.5 Å². The van der Waals surface area contributed by atoms with Gasteiger partial charge in [0.1, 0.15) is 5.54 Å². The number of rotatable bonds is 6. The van der Waals surface area contributed by atoms with E-state index < -0.39 is 35.5 Å². The summed E-state index contributed by atoms with van der Waals surface area (Å²) in [6.45, 7) is 5.05. The zero-order valence-electron chi connectivity index (χ0n) is 16.9. The molecule has 4 amide bonds. The van der Waals surface area contributed by atoms with E-state index in [2.05, 4.69) is 16.0 Å². The Morgan fingerprint density at radius 3 is 2.43 bits per heavy atom. The van der Waals surface area contributed by atoms with Crippen LogP contribution < -0.4 is 16.0 Å². The van der Waals surface area contributed by atoms with E-state index in [0.717, 1.165) is 12.0 Å². The molecule has 3 rings (SSSR count). The van der Waals surface area contributed by atoms with E-state index in [9.17, 15) is 19.2 Å². The molecule has 0 aliphatic carbocycles. The molecular weight excluding hydrogens is 386 g/mol. The standard InChI is InChI=1S/C22H23N3O5/c1-4-14-8-10-17(11-9-14)23-18(26)13(2)30-19(27)15-6-5-7-16(12-15)22(3)20(28)24-21(29)25-22/h5-13H,4H2,1-3H3,(H,23,26)(H2,24,25,28,29)/t13-,22-/m1/s1. The number of carbonyl (C=O) groups excluding carboxylic acids is 4. The summed E-state index contributed by atoms with van der Waals surface area (Å²) in [5.74, 6) is -1.69. The first-order chi connectivity index (χ1) is 14.2. The minimum atomic E-state index is -1.29. The first-order valence-electron chi connectivity index (χ1n) is 9.58. The molecule has 0 saturated carbocycles. The average Bonchev–Trinajstić information content (AvgIpc) is 3.01. The molecule has 0 spiro atoms. The minimum Gasteiger partial charge on any atom is -0.449 e. The highest BCUT2D eigenvalue weighted by molar-refractivity contribution is 6.07. The molecule has 0 aromatic heterocycles. The number of hydrogen-bond donors (Lipinski definition) is 3. The average molecular weight is 409 g/mol. The molecule has 1 heterocycles. The second kappa shape index (κ2) is 8.36. The van der Waals surface area contributed by atoms with E-state index in [0.29, 0.717) is 11.3 Å². The highest BCUT2D eigenvalue weighted by atomic mass is 16.5. The molecule has 0 unspecified atom stereocenters. The van der Waals surface area contributed by atoms with Gasteiger partial charge in [0.25, 0.3) is 11.8 Å². The molecule has 0 bridgehead atoms. The molecule has 1 aliphatic heterocycles. The van der Waals surface area contributed by atoms with E-state index in [4.69, 9.17) is 4.74 Å². The second-order valence-electron chi connectivity index (χ2n) is 7.20. The van der Waals surface area contributed by atoms with Crippen molar-refractivity contribution in [2.45, 2.75) is 38.8 Å². The summed E-state index contributed by atoms with van der Waals surface area (Å²) in [5.41, 5.74) is 1.05. The van der Waals surface area contributed by atoms with E-state index in [1.54, 1.807) is 24.3 Å². The number of nitrogens with one attached hydrogen (secondary N) is 3. The normalized spacial score (nSPS) is 18.9. The summed E-state index contributed by atoms with van der Waals surface area (Å²) < 4.78 is 5.27. The summed E-state index contributed by atoms with van der Waals surface area (Å²) in [7, 11) is 0. The predicted octanol–water partition coefficient (Wildman–Crippen LogP) is 2.49. The molecule has 1 aliphatic rings. The Balaban J connectivity index is 1.67. The van der Waals surface area contributed by atoms with Crippen molar-refractivity contribution in [1.29, 1.82) is 0 Å². The number of hydrogen-bond acceptors (Lipinski definition) is 5. The summed E-state index contributed by atoms with van der Waals surface area (Å²) in [6.07, 6.45) is -0.136. The van der Waals surface area contributed by atoms with Gasteiger partial charge in [0.2, 0.25) is 0 Å². The van der Waals surface area contributed by atoms with Gasteiger partial charge in [0.05, 0.1) is 5.56 Å². The third kappa shape index (κ3) is 4.32. The van der Waals surface area contributed by atoms with Gasteiger partial charge in [0.15, 0.2) is 6.10 Å². The van der Waals surface area contributed by atoms with Crippen LogP contribution in [0.2, 0.25) is 0 Å². The molecule has 2 atom stereocenters. The summed E-state index contributed by atoms with van der Waals surface area (Å²) >= 11 is 0. The van der Waals surface area contributed by atoms with Gasteiger partial charge in [-0.3, -0.25) is 14.9 Å². The third-order valence-electron chi connectivity index (χ3n) is 5.00. The zero-order valence-corrected chi connectivity index (χ0v) is 16.9. The molecule has 0 radical (unpaired) electrons. The van der Waals surface area contributed by atoms with E-state index in [1.807, 2.05) is 19.1 Å². The first-order valence-corrected chi connectivity index (χ1v) is 9.58.